The number of carbonyl (C=O) groups excluding carboxylic acids is 1. The minimum atomic E-state index is -3.82. The molecule has 0 bridgehead atoms. The van der Waals surface area contributed by atoms with Gasteiger partial charge < -0.3 is 14.8 Å². The number of amides is 1. The number of primary sulfonamides is 1. The van der Waals surface area contributed by atoms with Crippen molar-refractivity contribution in [3.63, 3.8) is 0 Å². The molecule has 10 heteroatoms. The van der Waals surface area contributed by atoms with E-state index in [0.717, 1.165) is 0 Å². The van der Waals surface area contributed by atoms with Crippen molar-refractivity contribution in [2.45, 2.75) is 11.3 Å². The summed E-state index contributed by atoms with van der Waals surface area (Å²) in [7, 11) is -2.37. The first-order chi connectivity index (χ1) is 15.2. The van der Waals surface area contributed by atoms with Gasteiger partial charge in [0.05, 0.1) is 23.4 Å². The lowest BCUT2D eigenvalue weighted by Crippen LogP contribution is -2.16. The lowest BCUT2D eigenvalue weighted by Gasteiger charge is -2.15. The van der Waals surface area contributed by atoms with Crippen molar-refractivity contribution in [1.29, 1.82) is 5.26 Å². The van der Waals surface area contributed by atoms with Crippen molar-refractivity contribution in [2.75, 3.05) is 12.4 Å². The summed E-state index contributed by atoms with van der Waals surface area (Å²) in [6.07, 6.45) is -0.0437. The minimum Gasteiger partial charge on any atom is -0.493 e. The van der Waals surface area contributed by atoms with Crippen molar-refractivity contribution in [3.8, 4) is 23.3 Å². The van der Waals surface area contributed by atoms with E-state index in [2.05, 4.69) is 5.32 Å². The van der Waals surface area contributed by atoms with Gasteiger partial charge in [-0.2, -0.15) is 5.26 Å². The van der Waals surface area contributed by atoms with Crippen LogP contribution < -0.4 is 19.9 Å². The number of methoxy groups -OCH3 is 1. The number of halogens is 1. The van der Waals surface area contributed by atoms with Crippen molar-refractivity contribution < 1.29 is 22.7 Å². The highest BCUT2D eigenvalue weighted by molar-refractivity contribution is 7.89. The average molecular weight is 472 g/mol. The molecule has 3 rings (SSSR count). The number of nitrogens with zero attached hydrogens (tertiary/aromatic N) is 1. The number of sulfonamides is 1. The monoisotopic (exact) mass is 471 g/mol. The number of carbonyl (C=O) groups is 1. The van der Waals surface area contributed by atoms with Crippen LogP contribution in [0.15, 0.2) is 65.6 Å². The van der Waals surface area contributed by atoms with Gasteiger partial charge in [-0.15, -0.1) is 0 Å². The van der Waals surface area contributed by atoms with Crippen LogP contribution in [0.5, 0.6) is 17.2 Å². The summed E-state index contributed by atoms with van der Waals surface area (Å²) < 4.78 is 34.0. The molecular weight excluding hydrogens is 454 g/mol. The van der Waals surface area contributed by atoms with E-state index in [-0.39, 0.29) is 33.6 Å². The van der Waals surface area contributed by atoms with E-state index in [1.54, 1.807) is 36.4 Å². The van der Waals surface area contributed by atoms with Gasteiger partial charge in [-0.3, -0.25) is 4.79 Å². The molecule has 0 aromatic heterocycles. The number of nitriles is 1. The second-order valence-electron chi connectivity index (χ2n) is 6.57. The molecular formula is C22H18ClN3O5S. The SMILES string of the molecule is COc1c(CC(=O)Nc2ccc(S(N)(=O)=O)cc2)cccc1Oc1cccc(Cl)c1C#N. The lowest BCUT2D eigenvalue weighted by molar-refractivity contribution is -0.115. The third-order valence-electron chi connectivity index (χ3n) is 4.39. The van der Waals surface area contributed by atoms with Crippen molar-refractivity contribution in [3.05, 3.63) is 76.8 Å². The zero-order valence-corrected chi connectivity index (χ0v) is 18.4. The summed E-state index contributed by atoms with van der Waals surface area (Å²) in [4.78, 5) is 12.5. The number of hydrogen-bond donors (Lipinski definition) is 2. The summed E-state index contributed by atoms with van der Waals surface area (Å²) in [5.41, 5.74) is 1.14. The highest BCUT2D eigenvalue weighted by Crippen LogP contribution is 2.37. The Morgan fingerprint density at radius 1 is 1.09 bits per heavy atom. The predicted octanol–water partition coefficient (Wildman–Crippen LogP) is 3.84. The number of anilines is 1. The van der Waals surface area contributed by atoms with E-state index in [4.69, 9.17) is 26.2 Å². The normalized spacial score (nSPS) is 10.8. The van der Waals surface area contributed by atoms with Gasteiger partial charge >= 0.3 is 0 Å². The molecule has 3 N–H and O–H groups in total. The Morgan fingerprint density at radius 3 is 2.38 bits per heavy atom. The molecule has 3 aromatic rings. The molecule has 0 unspecified atom stereocenters. The van der Waals surface area contributed by atoms with E-state index < -0.39 is 10.0 Å². The molecule has 0 saturated carbocycles. The number of nitrogens with one attached hydrogen (secondary N) is 1. The molecule has 0 aliphatic heterocycles. The van der Waals surface area contributed by atoms with Gasteiger partial charge in [0.15, 0.2) is 11.5 Å². The first kappa shape index (κ1) is 23.1. The van der Waals surface area contributed by atoms with Crippen molar-refractivity contribution in [1.82, 2.24) is 0 Å². The topological polar surface area (TPSA) is 132 Å². The number of hydrogen-bond acceptors (Lipinski definition) is 6. The highest BCUT2D eigenvalue weighted by Gasteiger charge is 2.17. The third-order valence-corrected chi connectivity index (χ3v) is 5.63. The van der Waals surface area contributed by atoms with E-state index in [1.165, 1.54) is 31.4 Å². The summed E-state index contributed by atoms with van der Waals surface area (Å²) in [6.45, 7) is 0. The average Bonchev–Trinajstić information content (AvgIpc) is 2.74. The van der Waals surface area contributed by atoms with E-state index in [0.29, 0.717) is 22.7 Å². The second kappa shape index (κ2) is 9.70. The van der Waals surface area contributed by atoms with Gasteiger partial charge in [-0.25, -0.2) is 13.6 Å². The first-order valence-corrected chi connectivity index (χ1v) is 11.1. The molecule has 0 spiro atoms. The molecule has 0 aliphatic rings. The zero-order valence-electron chi connectivity index (χ0n) is 16.8. The Hall–Kier alpha value is -3.58. The van der Waals surface area contributed by atoms with Gasteiger partial charge in [0.1, 0.15) is 17.4 Å². The molecule has 32 heavy (non-hydrogen) atoms. The maximum Gasteiger partial charge on any atom is 0.238 e. The maximum atomic E-state index is 12.5. The fourth-order valence-electron chi connectivity index (χ4n) is 2.94. The Bertz CT molecular complexity index is 1300. The van der Waals surface area contributed by atoms with Crippen LogP contribution in [0, 0.1) is 11.3 Å². The van der Waals surface area contributed by atoms with Gasteiger partial charge in [0.25, 0.3) is 0 Å². The number of ether oxygens (including phenoxy) is 2. The minimum absolute atomic E-state index is 0.0437. The van der Waals surface area contributed by atoms with Crippen LogP contribution in [0.25, 0.3) is 0 Å². The van der Waals surface area contributed by atoms with E-state index >= 15 is 0 Å². The fourth-order valence-corrected chi connectivity index (χ4v) is 3.66. The van der Waals surface area contributed by atoms with Crippen molar-refractivity contribution in [2.24, 2.45) is 5.14 Å². The summed E-state index contributed by atoms with van der Waals surface area (Å²) in [6, 6.07) is 17.4. The largest absolute Gasteiger partial charge is 0.493 e. The Labute approximate surface area is 190 Å². The molecule has 0 atom stereocenters. The quantitative estimate of drug-likeness (QED) is 0.538. The van der Waals surface area contributed by atoms with Crippen LogP contribution in [0.2, 0.25) is 5.02 Å². The number of nitrogens with two attached hydrogens (primary N) is 1. The smallest absolute Gasteiger partial charge is 0.238 e. The van der Waals surface area contributed by atoms with Crippen LogP contribution in [-0.2, 0) is 21.2 Å². The Kier molecular flexibility index (Phi) is 7.00. The first-order valence-electron chi connectivity index (χ1n) is 9.18. The van der Waals surface area contributed by atoms with E-state index in [9.17, 15) is 18.5 Å². The molecule has 8 nitrogen and oxygen atoms in total. The molecule has 1 amide bonds. The molecule has 0 aliphatic carbocycles. The molecule has 0 saturated heterocycles. The molecule has 0 radical (unpaired) electrons. The molecule has 164 valence electrons. The van der Waals surface area contributed by atoms with Gasteiger partial charge in [0.2, 0.25) is 15.9 Å². The fraction of sp³-hybridized carbons (Fsp3) is 0.0909. The number of para-hydroxylation sites is 1. The van der Waals surface area contributed by atoms with Crippen LogP contribution in [-0.4, -0.2) is 21.4 Å². The highest BCUT2D eigenvalue weighted by atomic mass is 35.5. The van der Waals surface area contributed by atoms with Crippen LogP contribution in [0.1, 0.15) is 11.1 Å². The number of rotatable bonds is 7. The summed E-state index contributed by atoms with van der Waals surface area (Å²) >= 11 is 6.05. The number of benzene rings is 3. The summed E-state index contributed by atoms with van der Waals surface area (Å²) in [5.74, 6) is 0.546. The third kappa shape index (κ3) is 5.36. The van der Waals surface area contributed by atoms with Crippen LogP contribution in [0.3, 0.4) is 0 Å². The van der Waals surface area contributed by atoms with Gasteiger partial charge in [0, 0.05) is 11.3 Å². The standard InChI is InChI=1S/C22H18ClN3O5S/c1-30-22-14(12-21(27)26-15-8-10-16(11-9-15)32(25,28)29)4-2-7-20(22)31-19-6-3-5-18(23)17(19)13-24/h2-11H,12H2,1H3,(H,26,27)(H2,25,28,29). The van der Waals surface area contributed by atoms with Gasteiger partial charge in [-0.1, -0.05) is 29.8 Å². The molecule has 0 heterocycles. The van der Waals surface area contributed by atoms with Crippen molar-refractivity contribution >= 4 is 33.2 Å². The molecule has 3 aromatic carbocycles. The second-order valence-corrected chi connectivity index (χ2v) is 8.54. The summed E-state index contributed by atoms with van der Waals surface area (Å²) in [5, 5.41) is 17.4. The lowest BCUT2D eigenvalue weighted by atomic mass is 10.1. The molecule has 0 fully saturated rings. The van der Waals surface area contributed by atoms with Crippen LogP contribution >= 0.6 is 11.6 Å². The van der Waals surface area contributed by atoms with Gasteiger partial charge in [-0.05, 0) is 42.5 Å². The Balaban J connectivity index is 1.80. The predicted molar refractivity (Wildman–Crippen MR) is 119 cm³/mol. The maximum absolute atomic E-state index is 12.5. The van der Waals surface area contributed by atoms with Crippen LogP contribution in [0.4, 0.5) is 5.69 Å². The zero-order chi connectivity index (χ0) is 23.3. The Morgan fingerprint density at radius 2 is 1.75 bits per heavy atom. The van der Waals surface area contributed by atoms with E-state index in [1.807, 2.05) is 6.07 Å².